The average molecular weight is 313 g/mol. The van der Waals surface area contributed by atoms with E-state index in [4.69, 9.17) is 9.47 Å². The van der Waals surface area contributed by atoms with Crippen molar-refractivity contribution in [3.8, 4) is 5.75 Å². The van der Waals surface area contributed by atoms with Crippen molar-refractivity contribution in [1.29, 1.82) is 0 Å². The van der Waals surface area contributed by atoms with Gasteiger partial charge in [0, 0.05) is 12.1 Å². The number of anilines is 1. The summed E-state index contributed by atoms with van der Waals surface area (Å²) in [6.45, 7) is 5.05. The van der Waals surface area contributed by atoms with Crippen LogP contribution >= 0.6 is 0 Å². The van der Waals surface area contributed by atoms with Crippen molar-refractivity contribution in [1.82, 2.24) is 0 Å². The summed E-state index contributed by atoms with van der Waals surface area (Å²) < 4.78 is 10.8. The second-order valence-electron chi connectivity index (χ2n) is 5.30. The highest BCUT2D eigenvalue weighted by molar-refractivity contribution is 5.88. The molecule has 0 fully saturated rings. The Labute approximate surface area is 137 Å². The molecule has 0 unspecified atom stereocenters. The van der Waals surface area contributed by atoms with Crippen LogP contribution in [0, 0.1) is 6.92 Å². The van der Waals surface area contributed by atoms with Gasteiger partial charge in [0.25, 0.3) is 0 Å². The number of aryl methyl sites for hydroxylation is 1. The zero-order valence-electron chi connectivity index (χ0n) is 13.9. The number of para-hydroxylation sites is 2. The Morgan fingerprint density at radius 2 is 1.78 bits per heavy atom. The fourth-order valence-electron chi connectivity index (χ4n) is 2.41. The van der Waals surface area contributed by atoms with Crippen LogP contribution in [0.5, 0.6) is 5.75 Å². The van der Waals surface area contributed by atoms with Gasteiger partial charge in [-0.2, -0.15) is 0 Å². The van der Waals surface area contributed by atoms with Crippen LogP contribution in [0.4, 0.5) is 10.5 Å². The molecule has 4 nitrogen and oxygen atoms in total. The van der Waals surface area contributed by atoms with Gasteiger partial charge < -0.3 is 9.47 Å². The Morgan fingerprint density at radius 3 is 2.48 bits per heavy atom. The Balaban J connectivity index is 2.22. The number of hydrogen-bond donors (Lipinski definition) is 0. The van der Waals surface area contributed by atoms with Crippen LogP contribution in [-0.4, -0.2) is 19.7 Å². The van der Waals surface area contributed by atoms with Crippen LogP contribution in [0.25, 0.3) is 0 Å². The first-order chi connectivity index (χ1) is 11.2. The molecule has 0 saturated heterocycles. The number of methoxy groups -OCH3 is 1. The first-order valence-corrected chi connectivity index (χ1v) is 7.79. The molecule has 4 heteroatoms. The molecule has 0 N–H and O–H groups in total. The number of carbonyl (C=O) groups is 1. The minimum Gasteiger partial charge on any atom is -0.489 e. The molecule has 23 heavy (non-hydrogen) atoms. The third-order valence-corrected chi connectivity index (χ3v) is 3.60. The van der Waals surface area contributed by atoms with Gasteiger partial charge in [-0.15, -0.1) is 0 Å². The fourth-order valence-corrected chi connectivity index (χ4v) is 2.41. The SMILES string of the molecule is CCCN(C(=O)OC)c1ccccc1COc1ccccc1C. The van der Waals surface area contributed by atoms with Crippen molar-refractivity contribution in [2.24, 2.45) is 0 Å². The molecule has 122 valence electrons. The summed E-state index contributed by atoms with van der Waals surface area (Å²) in [5, 5.41) is 0. The summed E-state index contributed by atoms with van der Waals surface area (Å²) in [4.78, 5) is 13.7. The monoisotopic (exact) mass is 313 g/mol. The molecule has 2 aromatic rings. The highest BCUT2D eigenvalue weighted by atomic mass is 16.5. The summed E-state index contributed by atoms with van der Waals surface area (Å²) in [5.41, 5.74) is 2.87. The van der Waals surface area contributed by atoms with Crippen molar-refractivity contribution in [2.75, 3.05) is 18.6 Å². The zero-order chi connectivity index (χ0) is 16.7. The lowest BCUT2D eigenvalue weighted by atomic mass is 10.1. The van der Waals surface area contributed by atoms with E-state index in [0.29, 0.717) is 13.2 Å². The van der Waals surface area contributed by atoms with Gasteiger partial charge in [-0.3, -0.25) is 4.90 Å². The maximum absolute atomic E-state index is 12.0. The highest BCUT2D eigenvalue weighted by Crippen LogP contribution is 2.24. The number of rotatable bonds is 6. The molecular weight excluding hydrogens is 290 g/mol. The quantitative estimate of drug-likeness (QED) is 0.785. The Kier molecular flexibility index (Phi) is 6.03. The van der Waals surface area contributed by atoms with Gasteiger partial charge in [0.05, 0.1) is 12.8 Å². The molecule has 0 radical (unpaired) electrons. The van der Waals surface area contributed by atoms with Crippen molar-refractivity contribution >= 4 is 11.8 Å². The van der Waals surface area contributed by atoms with Crippen LogP contribution in [0.15, 0.2) is 48.5 Å². The molecule has 0 aliphatic carbocycles. The first kappa shape index (κ1) is 16.9. The normalized spacial score (nSPS) is 10.2. The fraction of sp³-hybridized carbons (Fsp3) is 0.316. The van der Waals surface area contributed by atoms with Crippen LogP contribution in [0.3, 0.4) is 0 Å². The van der Waals surface area contributed by atoms with Crippen molar-refractivity contribution in [3.63, 3.8) is 0 Å². The van der Waals surface area contributed by atoms with E-state index in [9.17, 15) is 4.79 Å². The summed E-state index contributed by atoms with van der Waals surface area (Å²) in [5.74, 6) is 0.849. The molecule has 2 aromatic carbocycles. The molecule has 0 heterocycles. The molecule has 0 aliphatic heterocycles. The topological polar surface area (TPSA) is 38.8 Å². The van der Waals surface area contributed by atoms with Crippen LogP contribution < -0.4 is 9.64 Å². The van der Waals surface area contributed by atoms with Crippen molar-refractivity contribution in [2.45, 2.75) is 26.9 Å². The second-order valence-corrected chi connectivity index (χ2v) is 5.30. The summed E-state index contributed by atoms with van der Waals surface area (Å²) >= 11 is 0. The molecule has 0 atom stereocenters. The van der Waals surface area contributed by atoms with Gasteiger partial charge in [0.2, 0.25) is 0 Å². The minimum atomic E-state index is -0.352. The Hall–Kier alpha value is -2.49. The van der Waals surface area contributed by atoms with Gasteiger partial charge in [0.15, 0.2) is 0 Å². The van der Waals surface area contributed by atoms with E-state index in [-0.39, 0.29) is 6.09 Å². The molecule has 0 aromatic heterocycles. The first-order valence-electron chi connectivity index (χ1n) is 7.79. The molecule has 0 spiro atoms. The van der Waals surface area contributed by atoms with Crippen molar-refractivity contribution in [3.05, 3.63) is 59.7 Å². The van der Waals surface area contributed by atoms with Crippen LogP contribution in [0.2, 0.25) is 0 Å². The Morgan fingerprint density at radius 1 is 1.09 bits per heavy atom. The molecule has 2 rings (SSSR count). The van der Waals surface area contributed by atoms with Crippen LogP contribution in [-0.2, 0) is 11.3 Å². The predicted molar refractivity (Wildman–Crippen MR) is 92.0 cm³/mol. The number of nitrogens with zero attached hydrogens (tertiary/aromatic N) is 1. The molecular formula is C19H23NO3. The number of ether oxygens (including phenoxy) is 2. The maximum Gasteiger partial charge on any atom is 0.414 e. The maximum atomic E-state index is 12.0. The lowest BCUT2D eigenvalue weighted by molar-refractivity contribution is 0.178. The van der Waals surface area contributed by atoms with Gasteiger partial charge in [-0.25, -0.2) is 4.79 Å². The van der Waals surface area contributed by atoms with E-state index >= 15 is 0 Å². The van der Waals surface area contributed by atoms with E-state index in [2.05, 4.69) is 0 Å². The van der Waals surface area contributed by atoms with Gasteiger partial charge in [-0.05, 0) is 31.0 Å². The summed E-state index contributed by atoms with van der Waals surface area (Å²) in [6.07, 6.45) is 0.498. The van der Waals surface area contributed by atoms with E-state index in [0.717, 1.165) is 29.0 Å². The smallest absolute Gasteiger partial charge is 0.414 e. The highest BCUT2D eigenvalue weighted by Gasteiger charge is 2.18. The van der Waals surface area contributed by atoms with E-state index in [1.807, 2.05) is 62.4 Å². The van der Waals surface area contributed by atoms with Crippen LogP contribution in [0.1, 0.15) is 24.5 Å². The number of amides is 1. The molecule has 0 saturated carbocycles. The number of benzene rings is 2. The zero-order valence-corrected chi connectivity index (χ0v) is 13.9. The van der Waals surface area contributed by atoms with E-state index in [1.54, 1.807) is 4.90 Å². The van der Waals surface area contributed by atoms with E-state index in [1.165, 1.54) is 7.11 Å². The van der Waals surface area contributed by atoms with Crippen molar-refractivity contribution < 1.29 is 14.3 Å². The number of carbonyl (C=O) groups excluding carboxylic acids is 1. The Bertz CT molecular complexity index is 655. The standard InChI is InChI=1S/C19H23NO3/c1-4-13-20(19(21)22-3)17-11-7-6-10-16(17)14-23-18-12-8-5-9-15(18)2/h5-12H,4,13-14H2,1-3H3. The largest absolute Gasteiger partial charge is 0.489 e. The molecule has 0 aliphatic rings. The molecule has 0 bridgehead atoms. The molecule has 1 amide bonds. The predicted octanol–water partition coefficient (Wildman–Crippen LogP) is 4.56. The number of hydrogen-bond acceptors (Lipinski definition) is 3. The van der Waals surface area contributed by atoms with Gasteiger partial charge in [0.1, 0.15) is 12.4 Å². The van der Waals surface area contributed by atoms with Gasteiger partial charge in [-0.1, -0.05) is 43.3 Å². The third kappa shape index (κ3) is 4.25. The summed E-state index contributed by atoms with van der Waals surface area (Å²) in [7, 11) is 1.40. The third-order valence-electron chi connectivity index (χ3n) is 3.60. The minimum absolute atomic E-state index is 0.352. The average Bonchev–Trinajstić information content (AvgIpc) is 2.59. The summed E-state index contributed by atoms with van der Waals surface area (Å²) in [6, 6.07) is 15.6. The lowest BCUT2D eigenvalue weighted by Crippen LogP contribution is -2.32. The van der Waals surface area contributed by atoms with E-state index < -0.39 is 0 Å². The van der Waals surface area contributed by atoms with Gasteiger partial charge >= 0.3 is 6.09 Å². The lowest BCUT2D eigenvalue weighted by Gasteiger charge is -2.23. The second kappa shape index (κ2) is 8.22.